The maximum Gasteiger partial charge on any atom is 0.303 e. The number of ether oxygens (including phenoxy) is 1. The van der Waals surface area contributed by atoms with Gasteiger partial charge in [0.1, 0.15) is 5.75 Å². The van der Waals surface area contributed by atoms with Crippen LogP contribution in [0.1, 0.15) is 32.6 Å². The molecular weight excluding hydrogens is 318 g/mol. The molecule has 1 saturated heterocycles. The first-order valence-corrected chi connectivity index (χ1v) is 8.27. The van der Waals surface area contributed by atoms with Gasteiger partial charge >= 0.3 is 5.97 Å². The highest BCUT2D eigenvalue weighted by Crippen LogP contribution is 2.26. The van der Waals surface area contributed by atoms with E-state index in [9.17, 15) is 9.59 Å². The van der Waals surface area contributed by atoms with Gasteiger partial charge < -0.3 is 14.7 Å². The highest BCUT2D eigenvalue weighted by molar-refractivity contribution is 6.32. The summed E-state index contributed by atoms with van der Waals surface area (Å²) in [5, 5.41) is 9.26. The van der Waals surface area contributed by atoms with Crippen LogP contribution in [0.5, 0.6) is 5.75 Å². The number of para-hydroxylation sites is 1. The van der Waals surface area contributed by atoms with Gasteiger partial charge in [0.25, 0.3) is 5.91 Å². The van der Waals surface area contributed by atoms with Crippen molar-refractivity contribution in [2.24, 2.45) is 5.92 Å². The predicted octanol–water partition coefficient (Wildman–Crippen LogP) is 3.21. The molecule has 6 heteroatoms. The quantitative estimate of drug-likeness (QED) is 0.864. The number of halogens is 1. The molecule has 1 aromatic rings. The minimum atomic E-state index is -0.788. The lowest BCUT2D eigenvalue weighted by atomic mass is 9.93. The fraction of sp³-hybridized carbons (Fsp3) is 0.529. The summed E-state index contributed by atoms with van der Waals surface area (Å²) in [7, 11) is 0. The first-order chi connectivity index (χ1) is 11.0. The van der Waals surface area contributed by atoms with Crippen LogP contribution < -0.4 is 4.74 Å². The van der Waals surface area contributed by atoms with E-state index in [4.69, 9.17) is 21.4 Å². The number of carbonyl (C=O) groups is 2. The SMILES string of the molecule is C[C@@H](Oc1ccccc1Cl)C(=O)N1CCC[C@H](CCC(=O)O)C1. The van der Waals surface area contributed by atoms with Crippen LogP contribution in [0.15, 0.2) is 24.3 Å². The Balaban J connectivity index is 1.91. The molecule has 0 saturated carbocycles. The van der Waals surface area contributed by atoms with E-state index >= 15 is 0 Å². The molecule has 0 aliphatic carbocycles. The second kappa shape index (κ2) is 8.20. The molecule has 2 atom stereocenters. The number of piperidine rings is 1. The van der Waals surface area contributed by atoms with E-state index in [1.54, 1.807) is 36.1 Å². The van der Waals surface area contributed by atoms with Crippen molar-refractivity contribution in [3.05, 3.63) is 29.3 Å². The first kappa shape index (κ1) is 17.6. The van der Waals surface area contributed by atoms with Crippen molar-refractivity contribution in [2.75, 3.05) is 13.1 Å². The molecule has 0 spiro atoms. The lowest BCUT2D eigenvalue weighted by Gasteiger charge is -2.34. The van der Waals surface area contributed by atoms with Gasteiger partial charge in [0.05, 0.1) is 5.02 Å². The van der Waals surface area contributed by atoms with Gasteiger partial charge in [-0.2, -0.15) is 0 Å². The van der Waals surface area contributed by atoms with Gasteiger partial charge in [-0.05, 0) is 44.2 Å². The summed E-state index contributed by atoms with van der Waals surface area (Å²) in [5.41, 5.74) is 0. The van der Waals surface area contributed by atoms with E-state index in [1.165, 1.54) is 0 Å². The molecule has 0 aromatic heterocycles. The summed E-state index contributed by atoms with van der Waals surface area (Å²) in [4.78, 5) is 25.0. The van der Waals surface area contributed by atoms with E-state index < -0.39 is 12.1 Å². The van der Waals surface area contributed by atoms with Crippen LogP contribution >= 0.6 is 11.6 Å². The van der Waals surface area contributed by atoms with E-state index in [-0.39, 0.29) is 18.2 Å². The molecule has 1 fully saturated rings. The molecule has 1 aliphatic rings. The van der Waals surface area contributed by atoms with Gasteiger partial charge in [-0.15, -0.1) is 0 Å². The lowest BCUT2D eigenvalue weighted by Crippen LogP contribution is -2.45. The Kier molecular flexibility index (Phi) is 6.28. The number of carboxylic acid groups (broad SMARTS) is 1. The maximum absolute atomic E-state index is 12.5. The van der Waals surface area contributed by atoms with Crippen LogP contribution in [0.25, 0.3) is 0 Å². The van der Waals surface area contributed by atoms with Crippen LogP contribution in [0.2, 0.25) is 5.02 Å². The number of carboxylic acids is 1. The van der Waals surface area contributed by atoms with Crippen LogP contribution in [-0.4, -0.2) is 41.1 Å². The van der Waals surface area contributed by atoms with Gasteiger partial charge in [-0.25, -0.2) is 0 Å². The van der Waals surface area contributed by atoms with Crippen LogP contribution in [0.4, 0.5) is 0 Å². The van der Waals surface area contributed by atoms with Crippen molar-refractivity contribution in [2.45, 2.75) is 38.7 Å². The lowest BCUT2D eigenvalue weighted by molar-refractivity contribution is -0.140. The Morgan fingerprint density at radius 2 is 2.17 bits per heavy atom. The highest BCUT2D eigenvalue weighted by Gasteiger charge is 2.28. The average molecular weight is 340 g/mol. The molecule has 1 amide bonds. The second-order valence-corrected chi connectivity index (χ2v) is 6.32. The molecule has 23 heavy (non-hydrogen) atoms. The molecule has 0 unspecified atom stereocenters. The molecule has 0 bridgehead atoms. The number of carbonyl (C=O) groups excluding carboxylic acids is 1. The molecule has 1 heterocycles. The molecule has 2 rings (SSSR count). The van der Waals surface area contributed by atoms with Crippen molar-refractivity contribution in [1.82, 2.24) is 4.90 Å². The molecular formula is C17H22ClNO4. The van der Waals surface area contributed by atoms with Gasteiger partial charge in [0, 0.05) is 19.5 Å². The van der Waals surface area contributed by atoms with Crippen molar-refractivity contribution < 1.29 is 19.4 Å². The summed E-state index contributed by atoms with van der Waals surface area (Å²) < 4.78 is 5.68. The van der Waals surface area contributed by atoms with Crippen LogP contribution in [-0.2, 0) is 9.59 Å². The van der Waals surface area contributed by atoms with Crippen molar-refractivity contribution in [3.63, 3.8) is 0 Å². The molecule has 1 aromatic carbocycles. The van der Waals surface area contributed by atoms with E-state index in [2.05, 4.69) is 0 Å². The fourth-order valence-electron chi connectivity index (χ4n) is 2.87. The number of nitrogens with zero attached hydrogens (tertiary/aromatic N) is 1. The highest BCUT2D eigenvalue weighted by atomic mass is 35.5. The monoisotopic (exact) mass is 339 g/mol. The van der Waals surface area contributed by atoms with Crippen molar-refractivity contribution in [3.8, 4) is 5.75 Å². The minimum absolute atomic E-state index is 0.0788. The third-order valence-electron chi connectivity index (χ3n) is 4.09. The third kappa shape index (κ3) is 5.13. The Labute approximate surface area is 141 Å². The normalized spacial score (nSPS) is 19.2. The number of hydrogen-bond donors (Lipinski definition) is 1. The molecule has 5 nitrogen and oxygen atoms in total. The zero-order chi connectivity index (χ0) is 16.8. The summed E-state index contributed by atoms with van der Waals surface area (Å²) in [6.07, 6.45) is 2.01. The van der Waals surface area contributed by atoms with E-state index in [0.29, 0.717) is 30.3 Å². The zero-order valence-corrected chi connectivity index (χ0v) is 14.0. The topological polar surface area (TPSA) is 66.8 Å². The Bertz CT molecular complexity index is 563. The number of amides is 1. The molecule has 1 aliphatic heterocycles. The average Bonchev–Trinajstić information content (AvgIpc) is 2.54. The summed E-state index contributed by atoms with van der Waals surface area (Å²) in [6, 6.07) is 7.06. The Morgan fingerprint density at radius 1 is 1.43 bits per heavy atom. The van der Waals surface area contributed by atoms with Crippen LogP contribution in [0.3, 0.4) is 0 Å². The summed E-state index contributed by atoms with van der Waals surface area (Å²) in [6.45, 7) is 3.01. The third-order valence-corrected chi connectivity index (χ3v) is 4.40. The zero-order valence-electron chi connectivity index (χ0n) is 13.2. The Morgan fingerprint density at radius 3 is 2.87 bits per heavy atom. The van der Waals surface area contributed by atoms with E-state index in [1.807, 2.05) is 0 Å². The standard InChI is InChI=1S/C17H22ClNO4/c1-12(23-15-7-3-2-6-14(15)18)17(22)19-10-4-5-13(11-19)8-9-16(20)21/h2-3,6-7,12-13H,4-5,8-11H2,1H3,(H,20,21)/t12-,13-/m1/s1. The van der Waals surface area contributed by atoms with Gasteiger partial charge in [0.2, 0.25) is 0 Å². The molecule has 0 radical (unpaired) electrons. The number of likely N-dealkylation sites (tertiary alicyclic amines) is 1. The molecule has 1 N–H and O–H groups in total. The maximum atomic E-state index is 12.5. The molecule has 126 valence electrons. The van der Waals surface area contributed by atoms with Gasteiger partial charge in [-0.1, -0.05) is 23.7 Å². The minimum Gasteiger partial charge on any atom is -0.481 e. The number of rotatable bonds is 6. The summed E-state index contributed by atoms with van der Waals surface area (Å²) >= 11 is 6.05. The smallest absolute Gasteiger partial charge is 0.303 e. The van der Waals surface area contributed by atoms with Crippen molar-refractivity contribution in [1.29, 1.82) is 0 Å². The number of benzene rings is 1. The van der Waals surface area contributed by atoms with Gasteiger partial charge in [0.15, 0.2) is 6.10 Å². The largest absolute Gasteiger partial charge is 0.481 e. The van der Waals surface area contributed by atoms with Crippen molar-refractivity contribution >= 4 is 23.5 Å². The predicted molar refractivity (Wildman–Crippen MR) is 87.7 cm³/mol. The summed E-state index contributed by atoms with van der Waals surface area (Å²) in [5.74, 6) is -0.125. The number of aliphatic carboxylic acids is 1. The van der Waals surface area contributed by atoms with Crippen LogP contribution in [0, 0.1) is 5.92 Å². The van der Waals surface area contributed by atoms with E-state index in [0.717, 1.165) is 12.8 Å². The Hall–Kier alpha value is -1.75. The number of hydrogen-bond acceptors (Lipinski definition) is 3. The fourth-order valence-corrected chi connectivity index (χ4v) is 3.05. The second-order valence-electron chi connectivity index (χ2n) is 5.92. The first-order valence-electron chi connectivity index (χ1n) is 7.89. The van der Waals surface area contributed by atoms with Gasteiger partial charge in [-0.3, -0.25) is 9.59 Å².